The zero-order valence-corrected chi connectivity index (χ0v) is 18.0. The Morgan fingerprint density at radius 3 is 1.91 bits per heavy atom. The lowest BCUT2D eigenvalue weighted by Gasteiger charge is -2.18. The quantitative estimate of drug-likeness (QED) is 0.211. The van der Waals surface area contributed by atoms with Crippen molar-refractivity contribution >= 4 is 29.1 Å². The second kappa shape index (κ2) is 10.6. The van der Waals surface area contributed by atoms with E-state index in [0.717, 1.165) is 17.5 Å². The van der Waals surface area contributed by atoms with E-state index in [1.54, 1.807) is 0 Å². The molecule has 4 aromatic rings. The lowest BCUT2D eigenvalue weighted by Crippen LogP contribution is -2.35. The molecule has 4 rings (SSSR count). The zero-order chi connectivity index (χ0) is 24.6. The Hall–Kier alpha value is -5.26. The third-order valence-electron chi connectivity index (χ3n) is 4.88. The van der Waals surface area contributed by atoms with Crippen molar-refractivity contribution in [3.63, 3.8) is 0 Å². The van der Waals surface area contributed by atoms with Crippen LogP contribution in [-0.2, 0) is 4.79 Å². The van der Waals surface area contributed by atoms with Crippen molar-refractivity contribution in [3.8, 4) is 0 Å². The van der Waals surface area contributed by atoms with Crippen LogP contribution in [0.5, 0.6) is 0 Å². The van der Waals surface area contributed by atoms with E-state index in [4.69, 9.17) is 4.42 Å². The van der Waals surface area contributed by atoms with Gasteiger partial charge in [0.2, 0.25) is 17.5 Å². The fourth-order valence-corrected chi connectivity index (χ4v) is 3.30. The molecule has 0 saturated heterocycles. The summed E-state index contributed by atoms with van der Waals surface area (Å²) in [5.74, 6) is -2.41. The number of amides is 2. The first kappa shape index (κ1) is 22.9. The monoisotopic (exact) mass is 473 g/mol. The summed E-state index contributed by atoms with van der Waals surface area (Å²) in [6.07, 6.45) is 2.35. The molecule has 0 saturated carbocycles. The number of hydrazine groups is 2. The molecule has 0 spiro atoms. The lowest BCUT2D eigenvalue weighted by atomic mass is 9.91. The molecule has 0 aliphatic carbocycles. The number of aromatic nitrogens is 2. The molecule has 2 amide bonds. The predicted molar refractivity (Wildman–Crippen MR) is 125 cm³/mol. The molecule has 0 radical (unpaired) electrons. The van der Waals surface area contributed by atoms with Gasteiger partial charge < -0.3 is 4.42 Å². The van der Waals surface area contributed by atoms with Crippen LogP contribution in [0.4, 0.5) is 17.3 Å². The fraction of sp³-hybridized carbons (Fsp3) is 0.0435. The van der Waals surface area contributed by atoms with Gasteiger partial charge in [0, 0.05) is 0 Å². The van der Waals surface area contributed by atoms with Crippen LogP contribution in [0.15, 0.2) is 89.8 Å². The van der Waals surface area contributed by atoms with Crippen LogP contribution in [0, 0.1) is 10.1 Å². The van der Waals surface area contributed by atoms with Crippen molar-refractivity contribution in [1.82, 2.24) is 20.8 Å². The van der Waals surface area contributed by atoms with E-state index in [2.05, 4.69) is 31.7 Å². The predicted octanol–water partition coefficient (Wildman–Crippen LogP) is 3.01. The average Bonchev–Trinajstić information content (AvgIpc) is 3.42. The second-order valence-electron chi connectivity index (χ2n) is 7.10. The molecule has 176 valence electrons. The molecule has 0 unspecified atom stereocenters. The fourth-order valence-electron chi connectivity index (χ4n) is 3.30. The lowest BCUT2D eigenvalue weighted by molar-refractivity contribution is -0.383. The summed E-state index contributed by atoms with van der Waals surface area (Å²) in [5, 5.41) is 11.7. The smallest absolute Gasteiger partial charge is 0.356 e. The summed E-state index contributed by atoms with van der Waals surface area (Å²) < 4.78 is 4.97. The van der Waals surface area contributed by atoms with Crippen molar-refractivity contribution in [2.75, 3.05) is 10.9 Å². The molecule has 2 aromatic carbocycles. The summed E-state index contributed by atoms with van der Waals surface area (Å²) in [5.41, 5.74) is 10.5. The zero-order valence-electron chi connectivity index (χ0n) is 18.0. The molecule has 12 nitrogen and oxygen atoms in total. The van der Waals surface area contributed by atoms with Crippen LogP contribution >= 0.6 is 0 Å². The van der Waals surface area contributed by atoms with Gasteiger partial charge in [-0.05, 0) is 23.3 Å². The molecule has 0 aliphatic heterocycles. The number of rotatable bonds is 9. The topological polar surface area (TPSA) is 164 Å². The first-order chi connectivity index (χ1) is 17.0. The van der Waals surface area contributed by atoms with Gasteiger partial charge in [-0.3, -0.25) is 41.4 Å². The molecule has 0 aliphatic rings. The van der Waals surface area contributed by atoms with Gasteiger partial charge in [0.15, 0.2) is 5.76 Å². The number of hydrogen-bond donors (Lipinski definition) is 4. The molecule has 2 heterocycles. The van der Waals surface area contributed by atoms with Gasteiger partial charge in [0.05, 0.1) is 17.1 Å². The van der Waals surface area contributed by atoms with Crippen LogP contribution in [-0.4, -0.2) is 26.7 Å². The van der Waals surface area contributed by atoms with E-state index in [-0.39, 0.29) is 17.4 Å². The molecule has 0 fully saturated rings. The number of hydrogen-bond acceptors (Lipinski definition) is 9. The van der Waals surface area contributed by atoms with E-state index >= 15 is 0 Å². The van der Waals surface area contributed by atoms with Crippen LogP contribution in [0.1, 0.15) is 27.6 Å². The highest BCUT2D eigenvalue weighted by Gasteiger charge is 2.26. The number of anilines is 2. The third-order valence-corrected chi connectivity index (χ3v) is 4.88. The number of nitrogens with zero attached hydrogens (tertiary/aromatic N) is 3. The Kier molecular flexibility index (Phi) is 6.92. The van der Waals surface area contributed by atoms with E-state index in [1.165, 1.54) is 18.4 Å². The number of benzene rings is 2. The van der Waals surface area contributed by atoms with Gasteiger partial charge >= 0.3 is 11.6 Å². The number of carbonyl (C=O) groups is 2. The van der Waals surface area contributed by atoms with Gasteiger partial charge in [-0.25, -0.2) is 9.97 Å². The largest absolute Gasteiger partial charge is 0.459 e. The van der Waals surface area contributed by atoms with Crippen molar-refractivity contribution in [1.29, 1.82) is 0 Å². The minimum absolute atomic E-state index is 0.00677. The Bertz CT molecular complexity index is 1280. The maximum Gasteiger partial charge on any atom is 0.356 e. The highest BCUT2D eigenvalue weighted by molar-refractivity contribution is 5.92. The van der Waals surface area contributed by atoms with Crippen LogP contribution < -0.4 is 21.7 Å². The van der Waals surface area contributed by atoms with Crippen LogP contribution in [0.25, 0.3) is 0 Å². The normalized spacial score (nSPS) is 10.4. The number of nitrogens with one attached hydrogen (secondary N) is 4. The van der Waals surface area contributed by atoms with Crippen molar-refractivity contribution in [2.24, 2.45) is 0 Å². The van der Waals surface area contributed by atoms with E-state index in [1.807, 2.05) is 60.7 Å². The number of furan rings is 1. The van der Waals surface area contributed by atoms with E-state index in [9.17, 15) is 19.7 Å². The molecule has 4 N–H and O–H groups in total. The van der Waals surface area contributed by atoms with Gasteiger partial charge in [-0.2, -0.15) is 0 Å². The molecule has 12 heteroatoms. The van der Waals surface area contributed by atoms with Crippen molar-refractivity contribution in [2.45, 2.75) is 5.92 Å². The van der Waals surface area contributed by atoms with Gasteiger partial charge in [-0.1, -0.05) is 60.7 Å². The molecular weight excluding hydrogens is 454 g/mol. The Balaban J connectivity index is 1.53. The van der Waals surface area contributed by atoms with Gasteiger partial charge in [0.25, 0.3) is 0 Å². The van der Waals surface area contributed by atoms with E-state index in [0.29, 0.717) is 0 Å². The molecule has 35 heavy (non-hydrogen) atoms. The summed E-state index contributed by atoms with van der Waals surface area (Å²) in [7, 11) is 0. The average molecular weight is 473 g/mol. The Morgan fingerprint density at radius 1 is 0.829 bits per heavy atom. The number of nitro groups is 1. The summed E-state index contributed by atoms with van der Waals surface area (Å²) >= 11 is 0. The minimum atomic E-state index is -0.748. The van der Waals surface area contributed by atoms with Gasteiger partial charge in [0.1, 0.15) is 6.33 Å². The second-order valence-corrected chi connectivity index (χ2v) is 7.10. The highest BCUT2D eigenvalue weighted by atomic mass is 16.6. The van der Waals surface area contributed by atoms with E-state index < -0.39 is 28.3 Å². The molecule has 0 bridgehead atoms. The molecule has 2 aromatic heterocycles. The first-order valence-corrected chi connectivity index (χ1v) is 10.3. The SMILES string of the molecule is O=C(NNc1ncnc(NNC(=O)C(c2ccccc2)c2ccccc2)c1[N+](=O)[O-])c1ccco1. The Morgan fingerprint density at radius 2 is 1.40 bits per heavy atom. The molecular formula is C23H19N7O5. The van der Waals surface area contributed by atoms with Crippen molar-refractivity contribution in [3.05, 3.63) is 112 Å². The standard InChI is InChI=1S/C23H19N7O5/c31-22(17-12-7-13-35-17)28-26-20-19(30(33)34)21(25-14-24-20)27-29-23(32)18(15-8-3-1-4-9-15)16-10-5-2-6-11-16/h1-14,18H,(H,28,31)(H,29,32)(H2,24,25,26,27). The Labute approximate surface area is 198 Å². The van der Waals surface area contributed by atoms with Gasteiger partial charge in [-0.15, -0.1) is 0 Å². The third kappa shape index (κ3) is 5.39. The summed E-state index contributed by atoms with van der Waals surface area (Å²) in [6.45, 7) is 0. The van der Waals surface area contributed by atoms with Crippen LogP contribution in [0.3, 0.4) is 0 Å². The first-order valence-electron chi connectivity index (χ1n) is 10.3. The van der Waals surface area contributed by atoms with Crippen molar-refractivity contribution < 1.29 is 18.9 Å². The maximum atomic E-state index is 13.2. The number of carbonyl (C=O) groups excluding carboxylic acids is 2. The summed E-state index contributed by atoms with van der Waals surface area (Å²) in [4.78, 5) is 43.9. The molecule has 0 atom stereocenters. The highest BCUT2D eigenvalue weighted by Crippen LogP contribution is 2.29. The van der Waals surface area contributed by atoms with Crippen LogP contribution in [0.2, 0.25) is 0 Å². The minimum Gasteiger partial charge on any atom is -0.459 e. The maximum absolute atomic E-state index is 13.2. The summed E-state index contributed by atoms with van der Waals surface area (Å²) in [6, 6.07) is 21.1.